The highest BCUT2D eigenvalue weighted by Crippen LogP contribution is 2.05. The van der Waals surface area contributed by atoms with Crippen LogP contribution in [0.2, 0.25) is 0 Å². The maximum absolute atomic E-state index is 11.6. The summed E-state index contributed by atoms with van der Waals surface area (Å²) >= 11 is 0. The van der Waals surface area contributed by atoms with Crippen LogP contribution in [-0.2, 0) is 0 Å². The molecule has 6 heteroatoms. The first-order valence-electron chi connectivity index (χ1n) is 5.13. The molecule has 17 heavy (non-hydrogen) atoms. The van der Waals surface area contributed by atoms with E-state index < -0.39 is 12.1 Å². The molecule has 0 heterocycles. The van der Waals surface area contributed by atoms with E-state index in [9.17, 15) is 9.59 Å². The van der Waals surface area contributed by atoms with Crippen LogP contribution in [0.5, 0.6) is 0 Å². The number of amides is 4. The van der Waals surface area contributed by atoms with Gasteiger partial charge in [-0.05, 0) is 12.1 Å². The summed E-state index contributed by atoms with van der Waals surface area (Å²) in [6.07, 6.45) is 0. The largest absolute Gasteiger partial charge is 0.395 e. The van der Waals surface area contributed by atoms with Gasteiger partial charge in [-0.3, -0.25) is 0 Å². The highest BCUT2D eigenvalue weighted by molar-refractivity contribution is 6.00. The van der Waals surface area contributed by atoms with Crippen LogP contribution in [0.25, 0.3) is 0 Å². The zero-order valence-electron chi connectivity index (χ0n) is 9.51. The van der Waals surface area contributed by atoms with Crippen molar-refractivity contribution in [1.82, 2.24) is 10.2 Å². The van der Waals surface area contributed by atoms with Gasteiger partial charge in [0.15, 0.2) is 0 Å². The highest BCUT2D eigenvalue weighted by Gasteiger charge is 2.15. The van der Waals surface area contributed by atoms with Gasteiger partial charge < -0.3 is 15.7 Å². The quantitative estimate of drug-likeness (QED) is 0.729. The molecule has 3 N–H and O–H groups in total. The third-order valence-electron chi connectivity index (χ3n) is 2.02. The Morgan fingerprint density at radius 2 is 1.88 bits per heavy atom. The number of carbonyl (C=O) groups is 2. The Kier molecular flexibility index (Phi) is 4.96. The molecule has 1 rings (SSSR count). The highest BCUT2D eigenvalue weighted by atomic mass is 16.3. The molecule has 0 atom stereocenters. The molecule has 0 aromatic heterocycles. The number of para-hydroxylation sites is 1. The molecule has 0 unspecified atom stereocenters. The predicted molar refractivity (Wildman–Crippen MR) is 63.7 cm³/mol. The molecule has 92 valence electrons. The predicted octanol–water partition coefficient (Wildman–Crippen LogP) is 0.852. The SMILES string of the molecule is CN(C(=O)NCCO)C(=O)Nc1ccccc1. The fourth-order valence-electron chi connectivity index (χ4n) is 1.10. The molecule has 0 aliphatic carbocycles. The zero-order valence-corrected chi connectivity index (χ0v) is 9.51. The molecule has 1 aromatic carbocycles. The maximum atomic E-state index is 11.6. The van der Waals surface area contributed by atoms with Gasteiger partial charge in [0.05, 0.1) is 6.61 Å². The molecule has 0 radical (unpaired) electrons. The first-order chi connectivity index (χ1) is 8.15. The lowest BCUT2D eigenvalue weighted by molar-refractivity contribution is 0.198. The lowest BCUT2D eigenvalue weighted by Crippen LogP contribution is -2.44. The molecule has 4 amide bonds. The Morgan fingerprint density at radius 1 is 1.24 bits per heavy atom. The number of benzene rings is 1. The second kappa shape index (κ2) is 6.49. The molecule has 0 bridgehead atoms. The number of urea groups is 2. The molecule has 0 spiro atoms. The summed E-state index contributed by atoms with van der Waals surface area (Å²) in [6, 6.07) is 7.73. The summed E-state index contributed by atoms with van der Waals surface area (Å²) in [5.74, 6) is 0. The van der Waals surface area contributed by atoms with Crippen molar-refractivity contribution in [3.8, 4) is 0 Å². The van der Waals surface area contributed by atoms with E-state index in [1.54, 1.807) is 24.3 Å². The van der Waals surface area contributed by atoms with Crippen molar-refractivity contribution in [3.05, 3.63) is 30.3 Å². The summed E-state index contributed by atoms with van der Waals surface area (Å²) in [4.78, 5) is 23.9. The molecule has 0 aliphatic rings. The number of rotatable bonds is 3. The Balaban J connectivity index is 2.50. The molecule has 0 saturated heterocycles. The molecule has 0 fully saturated rings. The van der Waals surface area contributed by atoms with Crippen LogP contribution >= 0.6 is 0 Å². The number of aliphatic hydroxyl groups is 1. The fourth-order valence-corrected chi connectivity index (χ4v) is 1.10. The lowest BCUT2D eigenvalue weighted by atomic mass is 10.3. The number of imide groups is 1. The molecule has 6 nitrogen and oxygen atoms in total. The summed E-state index contributed by atoms with van der Waals surface area (Å²) in [5, 5.41) is 13.5. The summed E-state index contributed by atoms with van der Waals surface area (Å²) in [7, 11) is 1.35. The van der Waals surface area contributed by atoms with E-state index in [-0.39, 0.29) is 13.2 Å². The first-order valence-corrected chi connectivity index (χ1v) is 5.13. The monoisotopic (exact) mass is 237 g/mol. The van der Waals surface area contributed by atoms with Gasteiger partial charge in [0.1, 0.15) is 0 Å². The Bertz CT molecular complexity index is 381. The van der Waals surface area contributed by atoms with Crippen molar-refractivity contribution >= 4 is 17.7 Å². The second-order valence-electron chi connectivity index (χ2n) is 3.31. The lowest BCUT2D eigenvalue weighted by Gasteiger charge is -2.16. The van der Waals surface area contributed by atoms with Crippen molar-refractivity contribution in [3.63, 3.8) is 0 Å². The molecular weight excluding hydrogens is 222 g/mol. The second-order valence-corrected chi connectivity index (χ2v) is 3.31. The van der Waals surface area contributed by atoms with E-state index in [2.05, 4.69) is 10.6 Å². The topological polar surface area (TPSA) is 81.7 Å². The minimum atomic E-state index is -0.563. The normalized spacial score (nSPS) is 9.53. The molecule has 0 saturated carbocycles. The van der Waals surface area contributed by atoms with Crippen molar-refractivity contribution < 1.29 is 14.7 Å². The van der Waals surface area contributed by atoms with Crippen LogP contribution < -0.4 is 10.6 Å². The van der Waals surface area contributed by atoms with Gasteiger partial charge in [0.25, 0.3) is 0 Å². The van der Waals surface area contributed by atoms with Crippen LogP contribution in [0.1, 0.15) is 0 Å². The summed E-state index contributed by atoms with van der Waals surface area (Å²) < 4.78 is 0. The number of nitrogens with one attached hydrogen (secondary N) is 2. The van der Waals surface area contributed by atoms with Gasteiger partial charge in [-0.2, -0.15) is 0 Å². The van der Waals surface area contributed by atoms with Gasteiger partial charge >= 0.3 is 12.1 Å². The van der Waals surface area contributed by atoms with Crippen molar-refractivity contribution in [2.45, 2.75) is 0 Å². The summed E-state index contributed by atoms with van der Waals surface area (Å²) in [6.45, 7) is -0.0539. The number of hydrogen-bond acceptors (Lipinski definition) is 3. The molecular formula is C11H15N3O3. The fraction of sp³-hybridized carbons (Fsp3) is 0.273. The van der Waals surface area contributed by atoms with Gasteiger partial charge in [-0.15, -0.1) is 0 Å². The van der Waals surface area contributed by atoms with Gasteiger partial charge in [-0.1, -0.05) is 18.2 Å². The molecule has 0 aliphatic heterocycles. The van der Waals surface area contributed by atoms with Crippen molar-refractivity contribution in [2.75, 3.05) is 25.5 Å². The average molecular weight is 237 g/mol. The van der Waals surface area contributed by atoms with E-state index in [4.69, 9.17) is 5.11 Å². The third kappa shape index (κ3) is 4.12. The maximum Gasteiger partial charge on any atom is 0.329 e. The van der Waals surface area contributed by atoms with E-state index in [0.717, 1.165) is 4.90 Å². The first kappa shape index (κ1) is 13.0. The van der Waals surface area contributed by atoms with Crippen LogP contribution in [-0.4, -0.2) is 42.3 Å². The Labute approximate surface area is 99.2 Å². The van der Waals surface area contributed by atoms with Crippen LogP contribution in [0.4, 0.5) is 15.3 Å². The number of anilines is 1. The number of nitrogens with zero attached hydrogens (tertiary/aromatic N) is 1. The van der Waals surface area contributed by atoms with Crippen LogP contribution in [0.15, 0.2) is 30.3 Å². The van der Waals surface area contributed by atoms with Gasteiger partial charge in [-0.25, -0.2) is 14.5 Å². The zero-order chi connectivity index (χ0) is 12.7. The third-order valence-corrected chi connectivity index (χ3v) is 2.02. The number of carbonyl (C=O) groups excluding carboxylic acids is 2. The van der Waals surface area contributed by atoms with Crippen molar-refractivity contribution in [2.24, 2.45) is 0 Å². The minimum absolute atomic E-state index is 0.113. The van der Waals surface area contributed by atoms with Gasteiger partial charge in [0, 0.05) is 19.3 Å². The van der Waals surface area contributed by atoms with E-state index in [1.807, 2.05) is 6.07 Å². The number of aliphatic hydroxyl groups excluding tert-OH is 1. The van der Waals surface area contributed by atoms with Crippen molar-refractivity contribution in [1.29, 1.82) is 0 Å². The van der Waals surface area contributed by atoms with Crippen LogP contribution in [0, 0.1) is 0 Å². The Hall–Kier alpha value is -2.08. The minimum Gasteiger partial charge on any atom is -0.395 e. The Morgan fingerprint density at radius 3 is 2.47 bits per heavy atom. The van der Waals surface area contributed by atoms with Crippen LogP contribution in [0.3, 0.4) is 0 Å². The van der Waals surface area contributed by atoms with E-state index in [1.165, 1.54) is 7.05 Å². The summed E-state index contributed by atoms with van der Waals surface area (Å²) in [5.41, 5.74) is 0.610. The standard InChI is InChI=1S/C11H15N3O3/c1-14(10(16)12-7-8-15)11(17)13-9-5-3-2-4-6-9/h2-6,15H,7-8H2,1H3,(H,12,16)(H,13,17). The smallest absolute Gasteiger partial charge is 0.329 e. The van der Waals surface area contributed by atoms with E-state index >= 15 is 0 Å². The average Bonchev–Trinajstić information content (AvgIpc) is 2.36. The molecule has 1 aromatic rings. The number of hydrogen-bond donors (Lipinski definition) is 3. The van der Waals surface area contributed by atoms with Gasteiger partial charge in [0.2, 0.25) is 0 Å². The van der Waals surface area contributed by atoms with E-state index in [0.29, 0.717) is 5.69 Å².